The number of hydrogen-bond acceptors (Lipinski definition) is 4. The molecule has 5 nitrogen and oxygen atoms in total. The van der Waals surface area contributed by atoms with Gasteiger partial charge in [0.15, 0.2) is 0 Å². The Morgan fingerprint density at radius 2 is 2.00 bits per heavy atom. The molecule has 0 bridgehead atoms. The highest BCUT2D eigenvalue weighted by Gasteiger charge is 2.57. The molecule has 3 aliphatic carbocycles. The lowest BCUT2D eigenvalue weighted by molar-refractivity contribution is -0.278. The SMILES string of the molecule is C=C1/C(=C\C=C2/CCC[C@]3(C)C([C@H](C)OCC(=O)NCC(F)(F)C(F)(F)F)=CC[C@@H]23)C[C@@H](O)C[C@@H]1O. The molecule has 0 aromatic rings. The summed E-state index contributed by atoms with van der Waals surface area (Å²) in [5.74, 6) is -5.86. The second kappa shape index (κ2) is 10.8. The molecule has 0 unspecified atom stereocenters. The molecule has 1 amide bonds. The number of ether oxygens (including phenoxy) is 1. The Bertz CT molecular complexity index is 954. The molecule has 36 heavy (non-hydrogen) atoms. The minimum atomic E-state index is -5.74. The molecule has 0 saturated heterocycles. The predicted octanol–water partition coefficient (Wildman–Crippen LogP) is 4.77. The van der Waals surface area contributed by atoms with Crippen molar-refractivity contribution in [3.63, 3.8) is 0 Å². The van der Waals surface area contributed by atoms with E-state index in [1.165, 1.54) is 5.57 Å². The first-order valence-electron chi connectivity index (χ1n) is 12.1. The van der Waals surface area contributed by atoms with Crippen LogP contribution in [0.1, 0.15) is 52.4 Å². The molecule has 3 rings (SSSR count). The molecule has 0 heterocycles. The molecule has 3 aliphatic rings. The van der Waals surface area contributed by atoms with Gasteiger partial charge < -0.3 is 20.3 Å². The molecule has 0 radical (unpaired) electrons. The summed E-state index contributed by atoms with van der Waals surface area (Å²) in [4.78, 5) is 11.8. The van der Waals surface area contributed by atoms with Gasteiger partial charge in [-0.1, -0.05) is 37.3 Å². The van der Waals surface area contributed by atoms with E-state index in [1.807, 2.05) is 12.2 Å². The average Bonchev–Trinajstić information content (AvgIpc) is 3.14. The van der Waals surface area contributed by atoms with E-state index in [1.54, 1.807) is 12.2 Å². The first-order valence-corrected chi connectivity index (χ1v) is 12.1. The fourth-order valence-electron chi connectivity index (χ4n) is 5.60. The number of rotatable bonds is 7. The van der Waals surface area contributed by atoms with Gasteiger partial charge in [0, 0.05) is 6.42 Å². The Morgan fingerprint density at radius 1 is 1.31 bits per heavy atom. The average molecular weight is 520 g/mol. The second-order valence-corrected chi connectivity index (χ2v) is 10.2. The number of carbonyl (C=O) groups excluding carboxylic acids is 1. The van der Waals surface area contributed by atoms with Gasteiger partial charge in [0.2, 0.25) is 5.91 Å². The number of allylic oxidation sites excluding steroid dienone is 4. The van der Waals surface area contributed by atoms with Crippen molar-refractivity contribution in [2.45, 2.75) is 82.8 Å². The van der Waals surface area contributed by atoms with E-state index in [4.69, 9.17) is 4.74 Å². The molecule has 0 spiro atoms. The molecule has 10 heteroatoms. The Kier molecular flexibility index (Phi) is 8.52. The van der Waals surface area contributed by atoms with Crippen LogP contribution in [0.2, 0.25) is 0 Å². The van der Waals surface area contributed by atoms with Crippen molar-refractivity contribution in [1.82, 2.24) is 5.32 Å². The zero-order valence-corrected chi connectivity index (χ0v) is 20.5. The number of aliphatic hydroxyl groups is 2. The fourth-order valence-corrected chi connectivity index (χ4v) is 5.60. The van der Waals surface area contributed by atoms with Crippen LogP contribution in [0.25, 0.3) is 0 Å². The summed E-state index contributed by atoms with van der Waals surface area (Å²) in [7, 11) is 0. The van der Waals surface area contributed by atoms with E-state index >= 15 is 0 Å². The Balaban J connectivity index is 1.62. The lowest BCUT2D eigenvalue weighted by atomic mass is 9.63. The summed E-state index contributed by atoms with van der Waals surface area (Å²) in [5.41, 5.74) is 3.40. The maximum Gasteiger partial charge on any atom is 0.455 e. The molecule has 0 aromatic carbocycles. The number of amides is 1. The summed E-state index contributed by atoms with van der Waals surface area (Å²) < 4.78 is 68.4. The van der Waals surface area contributed by atoms with E-state index in [2.05, 4.69) is 19.6 Å². The van der Waals surface area contributed by atoms with Crippen LogP contribution in [0.5, 0.6) is 0 Å². The molecular formula is C26H34F5NO4. The number of hydrogen-bond donors (Lipinski definition) is 3. The number of alkyl halides is 5. The van der Waals surface area contributed by atoms with Crippen LogP contribution in [0, 0.1) is 11.3 Å². The molecule has 202 valence electrons. The van der Waals surface area contributed by atoms with E-state index in [9.17, 15) is 37.0 Å². The van der Waals surface area contributed by atoms with Gasteiger partial charge in [-0.05, 0) is 67.1 Å². The highest BCUT2D eigenvalue weighted by Crippen LogP contribution is 2.55. The minimum absolute atomic E-state index is 0.190. The van der Waals surface area contributed by atoms with Crippen LogP contribution in [-0.2, 0) is 9.53 Å². The summed E-state index contributed by atoms with van der Waals surface area (Å²) in [6.07, 6.45) is 2.58. The maximum atomic E-state index is 13.0. The summed E-state index contributed by atoms with van der Waals surface area (Å²) >= 11 is 0. The molecular weight excluding hydrogens is 485 g/mol. The summed E-state index contributed by atoms with van der Waals surface area (Å²) in [5, 5.41) is 21.7. The van der Waals surface area contributed by atoms with Gasteiger partial charge in [-0.3, -0.25) is 4.79 Å². The Hall–Kier alpha value is -2.04. The molecule has 2 fully saturated rings. The van der Waals surface area contributed by atoms with Gasteiger partial charge in [0.1, 0.15) is 6.61 Å². The topological polar surface area (TPSA) is 78.8 Å². The van der Waals surface area contributed by atoms with Gasteiger partial charge in [-0.2, -0.15) is 22.0 Å². The van der Waals surface area contributed by atoms with Crippen LogP contribution in [0.4, 0.5) is 22.0 Å². The van der Waals surface area contributed by atoms with Gasteiger partial charge in [-0.25, -0.2) is 0 Å². The molecule has 2 saturated carbocycles. The normalized spacial score (nSPS) is 32.4. The lowest BCUT2D eigenvalue weighted by Crippen LogP contribution is -2.47. The molecule has 0 aromatic heterocycles. The smallest absolute Gasteiger partial charge is 0.393 e. The van der Waals surface area contributed by atoms with E-state index in [0.717, 1.165) is 36.8 Å². The third-order valence-electron chi connectivity index (χ3n) is 7.70. The highest BCUT2D eigenvalue weighted by molar-refractivity contribution is 5.77. The zero-order valence-electron chi connectivity index (χ0n) is 20.5. The first kappa shape index (κ1) is 28.5. The number of carbonyl (C=O) groups is 1. The number of aliphatic hydroxyl groups excluding tert-OH is 2. The van der Waals surface area contributed by atoms with Crippen LogP contribution in [-0.4, -0.2) is 59.7 Å². The van der Waals surface area contributed by atoms with Gasteiger partial charge >= 0.3 is 12.1 Å². The number of nitrogens with one attached hydrogen (secondary N) is 1. The monoisotopic (exact) mass is 519 g/mol. The van der Waals surface area contributed by atoms with Crippen molar-refractivity contribution in [2.24, 2.45) is 11.3 Å². The summed E-state index contributed by atoms with van der Waals surface area (Å²) in [6, 6.07) is 0. The van der Waals surface area contributed by atoms with Gasteiger partial charge in [0.05, 0.1) is 24.9 Å². The van der Waals surface area contributed by atoms with Crippen LogP contribution >= 0.6 is 0 Å². The zero-order chi connectivity index (χ0) is 26.9. The lowest BCUT2D eigenvalue weighted by Gasteiger charge is -2.42. The van der Waals surface area contributed by atoms with Crippen molar-refractivity contribution in [1.29, 1.82) is 0 Å². The standard InChI is InChI=1S/C26H34F5NO4/c1-15-18(11-19(33)12-22(15)34)7-6-17-5-4-10-24(3)20(8-9-21(17)24)16(2)36-13-23(35)32-14-25(27,28)26(29,30)31/h6-8,16,19,21-22,33-34H,1,4-5,9-14H2,2-3H3,(H,32,35)/b17-6+,18-7-/t16-,19+,21-,22-,24+/m0/s1. The van der Waals surface area contributed by atoms with Crippen molar-refractivity contribution < 1.29 is 41.7 Å². The number of halogens is 5. The van der Waals surface area contributed by atoms with Gasteiger partial charge in [0.25, 0.3) is 0 Å². The van der Waals surface area contributed by atoms with E-state index < -0.39 is 49.5 Å². The van der Waals surface area contributed by atoms with Crippen molar-refractivity contribution >= 4 is 5.91 Å². The molecule has 3 N–H and O–H groups in total. The fraction of sp³-hybridized carbons (Fsp3) is 0.654. The quantitative estimate of drug-likeness (QED) is 0.335. The summed E-state index contributed by atoms with van der Waals surface area (Å²) in [6.45, 7) is 5.34. The van der Waals surface area contributed by atoms with Crippen LogP contribution in [0.3, 0.4) is 0 Å². The van der Waals surface area contributed by atoms with Crippen LogP contribution in [0.15, 0.2) is 47.1 Å². The predicted molar refractivity (Wildman–Crippen MR) is 124 cm³/mol. The second-order valence-electron chi connectivity index (χ2n) is 10.2. The third kappa shape index (κ3) is 6.08. The van der Waals surface area contributed by atoms with Crippen LogP contribution < -0.4 is 5.32 Å². The maximum absolute atomic E-state index is 13.0. The van der Waals surface area contributed by atoms with E-state index in [-0.39, 0.29) is 17.8 Å². The van der Waals surface area contributed by atoms with Crippen molar-refractivity contribution in [3.8, 4) is 0 Å². The largest absolute Gasteiger partial charge is 0.455 e. The number of fused-ring (bicyclic) bond motifs is 1. The highest BCUT2D eigenvalue weighted by atomic mass is 19.4. The minimum Gasteiger partial charge on any atom is -0.393 e. The third-order valence-corrected chi connectivity index (χ3v) is 7.70. The Morgan fingerprint density at radius 3 is 2.67 bits per heavy atom. The van der Waals surface area contributed by atoms with E-state index in [0.29, 0.717) is 12.0 Å². The van der Waals surface area contributed by atoms with Crippen molar-refractivity contribution in [3.05, 3.63) is 47.1 Å². The molecule has 5 atom stereocenters. The Labute approximate surface area is 207 Å². The first-order chi connectivity index (χ1) is 16.7. The van der Waals surface area contributed by atoms with Gasteiger partial charge in [-0.15, -0.1) is 0 Å². The van der Waals surface area contributed by atoms with Crippen molar-refractivity contribution in [2.75, 3.05) is 13.2 Å². The molecule has 0 aliphatic heterocycles.